The minimum atomic E-state index is -3.56. The van der Waals surface area contributed by atoms with Crippen LogP contribution >= 0.6 is 0 Å². The summed E-state index contributed by atoms with van der Waals surface area (Å²) in [5.74, 6) is 0. The molecule has 0 spiro atoms. The maximum atomic E-state index is 12.8. The molecule has 0 fully saturated rings. The summed E-state index contributed by atoms with van der Waals surface area (Å²) in [7, 11) is -3.56. The van der Waals surface area contributed by atoms with E-state index in [4.69, 9.17) is 0 Å². The molecular weight excluding hydrogens is 274 g/mol. The van der Waals surface area contributed by atoms with E-state index in [1.165, 1.54) is 10.5 Å². The Bertz CT molecular complexity index is 517. The number of rotatable bonds is 8. The van der Waals surface area contributed by atoms with Crippen molar-refractivity contribution in [2.24, 2.45) is 0 Å². The summed E-state index contributed by atoms with van der Waals surface area (Å²) >= 11 is 0. The quantitative estimate of drug-likeness (QED) is 0.801. The molecule has 20 heavy (non-hydrogen) atoms. The second-order valence-corrected chi connectivity index (χ2v) is 6.55. The average Bonchev–Trinajstić information content (AvgIpc) is 2.45. The van der Waals surface area contributed by atoms with Crippen LogP contribution in [-0.4, -0.2) is 36.8 Å². The second kappa shape index (κ2) is 7.59. The molecule has 5 nitrogen and oxygen atoms in total. The standard InChI is InChI=1S/C14H25N3O2S/c1-5-10-15-13-9-8-11-16-14(13)20(18,19)17(7-3)12(4)6-2/h8-9,11-12,15H,5-7,10H2,1-4H3. The van der Waals surface area contributed by atoms with Gasteiger partial charge in [0, 0.05) is 25.3 Å². The fourth-order valence-corrected chi connectivity index (χ4v) is 3.82. The van der Waals surface area contributed by atoms with Gasteiger partial charge in [-0.3, -0.25) is 0 Å². The van der Waals surface area contributed by atoms with Crippen molar-refractivity contribution < 1.29 is 8.42 Å². The van der Waals surface area contributed by atoms with Crippen LogP contribution in [0, 0.1) is 0 Å². The molecule has 0 aliphatic rings. The Morgan fingerprint density at radius 3 is 2.60 bits per heavy atom. The number of nitrogens with one attached hydrogen (secondary N) is 1. The molecule has 1 N–H and O–H groups in total. The smallest absolute Gasteiger partial charge is 0.262 e. The summed E-state index contributed by atoms with van der Waals surface area (Å²) in [5, 5.41) is 3.26. The van der Waals surface area contributed by atoms with Crippen LogP contribution in [0.25, 0.3) is 0 Å². The van der Waals surface area contributed by atoms with E-state index < -0.39 is 10.0 Å². The Hall–Kier alpha value is -1.14. The molecule has 1 aromatic rings. The fraction of sp³-hybridized carbons (Fsp3) is 0.643. The molecule has 1 atom stereocenters. The molecule has 1 heterocycles. The van der Waals surface area contributed by atoms with E-state index in [0.29, 0.717) is 12.2 Å². The SMILES string of the molecule is CCCNc1cccnc1S(=O)(=O)N(CC)C(C)CC. The zero-order valence-corrected chi connectivity index (χ0v) is 13.6. The number of hydrogen-bond donors (Lipinski definition) is 1. The first-order chi connectivity index (χ1) is 9.48. The number of nitrogens with zero attached hydrogens (tertiary/aromatic N) is 2. The van der Waals surface area contributed by atoms with Gasteiger partial charge in [-0.2, -0.15) is 4.31 Å². The minimum absolute atomic E-state index is 0.0361. The van der Waals surface area contributed by atoms with Crippen LogP contribution in [0.1, 0.15) is 40.5 Å². The van der Waals surface area contributed by atoms with Gasteiger partial charge < -0.3 is 5.32 Å². The van der Waals surface area contributed by atoms with E-state index in [2.05, 4.69) is 10.3 Å². The Kier molecular flexibility index (Phi) is 6.42. The van der Waals surface area contributed by atoms with Crippen molar-refractivity contribution in [1.82, 2.24) is 9.29 Å². The van der Waals surface area contributed by atoms with E-state index in [-0.39, 0.29) is 11.1 Å². The van der Waals surface area contributed by atoms with Crippen LogP contribution in [0.3, 0.4) is 0 Å². The van der Waals surface area contributed by atoms with Crippen LogP contribution in [0.4, 0.5) is 5.69 Å². The third-order valence-corrected chi connectivity index (χ3v) is 5.33. The van der Waals surface area contributed by atoms with Crippen molar-refractivity contribution >= 4 is 15.7 Å². The second-order valence-electron chi connectivity index (χ2n) is 4.75. The molecule has 114 valence electrons. The fourth-order valence-electron chi connectivity index (χ4n) is 2.02. The van der Waals surface area contributed by atoms with Gasteiger partial charge in [0.25, 0.3) is 10.0 Å². The monoisotopic (exact) mass is 299 g/mol. The molecule has 1 aromatic heterocycles. The van der Waals surface area contributed by atoms with Crippen LogP contribution in [0.5, 0.6) is 0 Å². The highest BCUT2D eigenvalue weighted by atomic mass is 32.2. The number of aromatic nitrogens is 1. The highest BCUT2D eigenvalue weighted by molar-refractivity contribution is 7.89. The lowest BCUT2D eigenvalue weighted by atomic mass is 10.3. The third-order valence-electron chi connectivity index (χ3n) is 3.28. The third kappa shape index (κ3) is 3.70. The highest BCUT2D eigenvalue weighted by Gasteiger charge is 2.30. The number of anilines is 1. The number of pyridine rings is 1. The van der Waals surface area contributed by atoms with Crippen LogP contribution < -0.4 is 5.32 Å². The highest BCUT2D eigenvalue weighted by Crippen LogP contribution is 2.24. The van der Waals surface area contributed by atoms with Crippen LogP contribution in [-0.2, 0) is 10.0 Å². The van der Waals surface area contributed by atoms with Gasteiger partial charge >= 0.3 is 0 Å². The average molecular weight is 299 g/mol. The molecule has 0 saturated carbocycles. The topological polar surface area (TPSA) is 62.3 Å². The molecule has 0 aliphatic heterocycles. The minimum Gasteiger partial charge on any atom is -0.383 e. The largest absolute Gasteiger partial charge is 0.383 e. The van der Waals surface area contributed by atoms with E-state index in [1.54, 1.807) is 12.1 Å². The van der Waals surface area contributed by atoms with E-state index in [1.807, 2.05) is 27.7 Å². The van der Waals surface area contributed by atoms with Gasteiger partial charge in [0.15, 0.2) is 5.03 Å². The molecule has 0 aliphatic carbocycles. The number of hydrogen-bond acceptors (Lipinski definition) is 4. The predicted molar refractivity (Wildman–Crippen MR) is 82.3 cm³/mol. The van der Waals surface area contributed by atoms with Gasteiger partial charge in [0.1, 0.15) is 0 Å². The lowest BCUT2D eigenvalue weighted by molar-refractivity contribution is 0.341. The van der Waals surface area contributed by atoms with Gasteiger partial charge in [0.2, 0.25) is 0 Å². The van der Waals surface area contributed by atoms with Crippen LogP contribution in [0.15, 0.2) is 23.4 Å². The summed E-state index contributed by atoms with van der Waals surface area (Å²) in [6.45, 7) is 8.96. The summed E-state index contributed by atoms with van der Waals surface area (Å²) in [5.41, 5.74) is 0.580. The van der Waals surface area contributed by atoms with Crippen molar-refractivity contribution in [1.29, 1.82) is 0 Å². The first kappa shape index (κ1) is 16.9. The van der Waals surface area contributed by atoms with Crippen molar-refractivity contribution in [3.63, 3.8) is 0 Å². The Labute approximate surface area is 122 Å². The summed E-state index contributed by atoms with van der Waals surface area (Å²) in [6, 6.07) is 3.47. The first-order valence-corrected chi connectivity index (χ1v) is 8.63. The molecule has 1 rings (SSSR count). The van der Waals surface area contributed by atoms with Crippen molar-refractivity contribution in [2.45, 2.75) is 51.6 Å². The zero-order valence-electron chi connectivity index (χ0n) is 12.8. The summed E-state index contributed by atoms with van der Waals surface area (Å²) < 4.78 is 27.0. The van der Waals surface area contributed by atoms with Gasteiger partial charge in [0.05, 0.1) is 5.69 Å². The lowest BCUT2D eigenvalue weighted by Crippen LogP contribution is -2.38. The zero-order chi connectivity index (χ0) is 15.2. The maximum Gasteiger partial charge on any atom is 0.262 e. The molecule has 0 radical (unpaired) electrons. The van der Waals surface area contributed by atoms with Crippen molar-refractivity contribution in [2.75, 3.05) is 18.4 Å². The molecule has 6 heteroatoms. The molecule has 1 unspecified atom stereocenters. The molecule has 0 bridgehead atoms. The molecule has 0 aromatic carbocycles. The van der Waals surface area contributed by atoms with E-state index in [0.717, 1.165) is 19.4 Å². The first-order valence-electron chi connectivity index (χ1n) is 7.19. The summed E-state index contributed by atoms with van der Waals surface area (Å²) in [4.78, 5) is 4.10. The van der Waals surface area contributed by atoms with Gasteiger partial charge in [-0.15, -0.1) is 0 Å². The van der Waals surface area contributed by atoms with Crippen molar-refractivity contribution in [3.8, 4) is 0 Å². The molecular formula is C14H25N3O2S. The van der Waals surface area contributed by atoms with Gasteiger partial charge in [-0.05, 0) is 31.9 Å². The predicted octanol–water partition coefficient (Wildman–Crippen LogP) is 2.71. The normalized spacial score (nSPS) is 13.4. The maximum absolute atomic E-state index is 12.8. The molecule has 0 saturated heterocycles. The molecule has 0 amide bonds. The Morgan fingerprint density at radius 1 is 1.35 bits per heavy atom. The Balaban J connectivity index is 3.20. The van der Waals surface area contributed by atoms with Crippen molar-refractivity contribution in [3.05, 3.63) is 18.3 Å². The van der Waals surface area contributed by atoms with Gasteiger partial charge in [-0.25, -0.2) is 13.4 Å². The number of sulfonamides is 1. The lowest BCUT2D eigenvalue weighted by Gasteiger charge is -2.26. The van der Waals surface area contributed by atoms with E-state index >= 15 is 0 Å². The Morgan fingerprint density at radius 2 is 2.05 bits per heavy atom. The van der Waals surface area contributed by atoms with Gasteiger partial charge in [-0.1, -0.05) is 20.8 Å². The van der Waals surface area contributed by atoms with Crippen LogP contribution in [0.2, 0.25) is 0 Å². The summed E-state index contributed by atoms with van der Waals surface area (Å²) in [6.07, 6.45) is 3.23. The van der Waals surface area contributed by atoms with E-state index in [9.17, 15) is 8.42 Å².